The quantitative estimate of drug-likeness (QED) is 0.414. The molecule has 0 radical (unpaired) electrons. The molecule has 34 heavy (non-hydrogen) atoms. The van der Waals surface area contributed by atoms with E-state index in [0.717, 1.165) is 11.1 Å². The van der Waals surface area contributed by atoms with E-state index in [0.29, 0.717) is 11.3 Å². The molecule has 0 bridgehead atoms. The Morgan fingerprint density at radius 3 is 2.21 bits per heavy atom. The number of aliphatic carboxylic acids is 1. The van der Waals surface area contributed by atoms with Gasteiger partial charge in [-0.2, -0.15) is 0 Å². The second kappa shape index (κ2) is 11.5. The number of methoxy groups -OCH3 is 1. The molecule has 0 aliphatic rings. The Morgan fingerprint density at radius 1 is 0.941 bits per heavy atom. The third-order valence-electron chi connectivity index (χ3n) is 4.96. The molecule has 9 heteroatoms. The van der Waals surface area contributed by atoms with Gasteiger partial charge in [0.1, 0.15) is 11.8 Å². The summed E-state index contributed by atoms with van der Waals surface area (Å²) in [6.45, 7) is -0.221. The number of carbonyl (C=O) groups is 3. The van der Waals surface area contributed by atoms with Gasteiger partial charge in [-0.25, -0.2) is 9.59 Å². The zero-order chi connectivity index (χ0) is 24.7. The van der Waals surface area contributed by atoms with Crippen LogP contribution in [-0.2, 0) is 20.7 Å². The summed E-state index contributed by atoms with van der Waals surface area (Å²) in [6, 6.07) is 17.7. The lowest BCUT2D eigenvalue weighted by molar-refractivity contribution is -0.143. The molecule has 0 fully saturated rings. The molecule has 0 saturated heterocycles. The number of carboxylic acid groups (broad SMARTS) is 1. The van der Waals surface area contributed by atoms with Crippen molar-refractivity contribution >= 4 is 41.0 Å². The van der Waals surface area contributed by atoms with Crippen molar-refractivity contribution in [1.82, 2.24) is 5.32 Å². The van der Waals surface area contributed by atoms with Crippen molar-refractivity contribution in [3.63, 3.8) is 0 Å². The molecule has 1 amide bonds. The van der Waals surface area contributed by atoms with Gasteiger partial charge < -0.3 is 19.9 Å². The van der Waals surface area contributed by atoms with Gasteiger partial charge in [-0.05, 0) is 29.3 Å². The average molecular weight is 502 g/mol. The zero-order valence-corrected chi connectivity index (χ0v) is 19.6. The van der Waals surface area contributed by atoms with Gasteiger partial charge in [0.2, 0.25) is 0 Å². The number of benzene rings is 3. The first kappa shape index (κ1) is 25.1. The number of para-hydroxylation sites is 1. The van der Waals surface area contributed by atoms with E-state index in [9.17, 15) is 19.5 Å². The van der Waals surface area contributed by atoms with Crippen molar-refractivity contribution in [2.75, 3.05) is 13.7 Å². The molecular weight excluding hydrogens is 481 g/mol. The van der Waals surface area contributed by atoms with E-state index in [-0.39, 0.29) is 28.6 Å². The van der Waals surface area contributed by atoms with Gasteiger partial charge >= 0.3 is 11.9 Å². The van der Waals surface area contributed by atoms with Crippen LogP contribution in [0, 0.1) is 0 Å². The van der Waals surface area contributed by atoms with Crippen LogP contribution < -0.4 is 10.1 Å². The molecule has 0 unspecified atom stereocenters. The van der Waals surface area contributed by atoms with E-state index >= 15 is 0 Å². The maximum Gasteiger partial charge on any atom is 0.343 e. The summed E-state index contributed by atoms with van der Waals surface area (Å²) >= 11 is 12.1. The average Bonchev–Trinajstić information content (AvgIpc) is 2.82. The second-order valence-electron chi connectivity index (χ2n) is 7.22. The fraction of sp³-hybridized carbons (Fsp3) is 0.160. The number of hydrogen-bond acceptors (Lipinski definition) is 5. The Morgan fingerprint density at radius 2 is 1.59 bits per heavy atom. The number of ether oxygens (including phenoxy) is 2. The molecule has 3 rings (SSSR count). The van der Waals surface area contributed by atoms with Crippen LogP contribution in [0.15, 0.2) is 66.7 Å². The van der Waals surface area contributed by atoms with Crippen LogP contribution in [0.2, 0.25) is 10.0 Å². The fourth-order valence-electron chi connectivity index (χ4n) is 3.23. The first-order valence-corrected chi connectivity index (χ1v) is 10.9. The number of carbonyl (C=O) groups excluding carboxylic acids is 2. The Bertz CT molecular complexity index is 1180. The highest BCUT2D eigenvalue weighted by atomic mass is 35.5. The predicted molar refractivity (Wildman–Crippen MR) is 128 cm³/mol. The SMILES string of the molecule is COC(=O)COc1ccccc1-c1ccc(C[C@H](NC(=O)c2c(Cl)cccc2Cl)C(=O)O)cc1. The smallest absolute Gasteiger partial charge is 0.343 e. The van der Waals surface area contributed by atoms with E-state index in [1.165, 1.54) is 19.2 Å². The Hall–Kier alpha value is -3.55. The molecule has 1 atom stereocenters. The summed E-state index contributed by atoms with van der Waals surface area (Å²) < 4.78 is 10.2. The van der Waals surface area contributed by atoms with Gasteiger partial charge in [-0.15, -0.1) is 0 Å². The first-order valence-electron chi connectivity index (χ1n) is 10.2. The van der Waals surface area contributed by atoms with Crippen molar-refractivity contribution in [3.8, 4) is 16.9 Å². The molecule has 0 spiro atoms. The topological polar surface area (TPSA) is 102 Å². The van der Waals surface area contributed by atoms with E-state index in [1.807, 2.05) is 12.1 Å². The number of rotatable bonds is 9. The van der Waals surface area contributed by atoms with Crippen molar-refractivity contribution in [2.24, 2.45) is 0 Å². The summed E-state index contributed by atoms with van der Waals surface area (Å²) in [5.41, 5.74) is 2.28. The molecule has 3 aromatic carbocycles. The van der Waals surface area contributed by atoms with Crippen LogP contribution in [0.3, 0.4) is 0 Å². The summed E-state index contributed by atoms with van der Waals surface area (Å²) in [6.07, 6.45) is 0.0455. The molecule has 7 nitrogen and oxygen atoms in total. The Balaban J connectivity index is 1.75. The number of nitrogens with one attached hydrogen (secondary N) is 1. The lowest BCUT2D eigenvalue weighted by atomic mass is 10.00. The molecule has 0 heterocycles. The number of amides is 1. The van der Waals surface area contributed by atoms with Crippen LogP contribution in [0.1, 0.15) is 15.9 Å². The standard InChI is InChI=1S/C25H21Cl2NO6/c1-33-22(29)14-34-21-8-3-2-5-17(21)16-11-9-15(10-12-16)13-20(25(31)32)28-24(30)23-18(26)6-4-7-19(23)27/h2-12,20H,13-14H2,1H3,(H,28,30)(H,31,32)/t20-/m0/s1. The van der Waals surface area contributed by atoms with Gasteiger partial charge in [-0.3, -0.25) is 4.79 Å². The summed E-state index contributed by atoms with van der Waals surface area (Å²) in [5.74, 6) is -1.85. The van der Waals surface area contributed by atoms with Crippen molar-refractivity contribution in [3.05, 3.63) is 87.9 Å². The van der Waals surface area contributed by atoms with Crippen molar-refractivity contribution < 1.29 is 29.0 Å². The molecule has 0 aliphatic heterocycles. The largest absolute Gasteiger partial charge is 0.481 e. The Kier molecular flexibility index (Phi) is 8.51. The van der Waals surface area contributed by atoms with E-state index in [1.54, 1.807) is 42.5 Å². The highest BCUT2D eigenvalue weighted by Gasteiger charge is 2.24. The number of esters is 1. The van der Waals surface area contributed by atoms with Gasteiger partial charge in [0.25, 0.3) is 5.91 Å². The summed E-state index contributed by atoms with van der Waals surface area (Å²) in [5, 5.41) is 12.4. The highest BCUT2D eigenvalue weighted by Crippen LogP contribution is 2.30. The molecule has 176 valence electrons. The van der Waals surface area contributed by atoms with Crippen LogP contribution in [0.5, 0.6) is 5.75 Å². The van der Waals surface area contributed by atoms with Gasteiger partial charge in [0.15, 0.2) is 6.61 Å². The van der Waals surface area contributed by atoms with Crippen LogP contribution in [0.4, 0.5) is 0 Å². The highest BCUT2D eigenvalue weighted by molar-refractivity contribution is 6.39. The Labute approximate surface area is 206 Å². The lowest BCUT2D eigenvalue weighted by Gasteiger charge is -2.16. The van der Waals surface area contributed by atoms with Gasteiger partial charge in [0.05, 0.1) is 22.7 Å². The maximum atomic E-state index is 12.6. The third kappa shape index (κ3) is 6.27. The third-order valence-corrected chi connectivity index (χ3v) is 5.59. The van der Waals surface area contributed by atoms with Gasteiger partial charge in [-0.1, -0.05) is 71.7 Å². The van der Waals surface area contributed by atoms with Gasteiger partial charge in [0, 0.05) is 12.0 Å². The molecule has 2 N–H and O–H groups in total. The minimum Gasteiger partial charge on any atom is -0.481 e. The number of carboxylic acids is 1. The van der Waals surface area contributed by atoms with Crippen molar-refractivity contribution in [2.45, 2.75) is 12.5 Å². The summed E-state index contributed by atoms with van der Waals surface area (Å²) in [7, 11) is 1.28. The number of hydrogen-bond donors (Lipinski definition) is 2. The molecule has 3 aromatic rings. The maximum absolute atomic E-state index is 12.6. The molecule has 0 saturated carbocycles. The molecular formula is C25H21Cl2NO6. The summed E-state index contributed by atoms with van der Waals surface area (Å²) in [4.78, 5) is 35.8. The monoisotopic (exact) mass is 501 g/mol. The lowest BCUT2D eigenvalue weighted by Crippen LogP contribution is -2.42. The van der Waals surface area contributed by atoms with E-state index in [4.69, 9.17) is 27.9 Å². The minimum absolute atomic E-state index is 0.0241. The number of halogens is 2. The normalized spacial score (nSPS) is 11.4. The van der Waals surface area contributed by atoms with Crippen molar-refractivity contribution in [1.29, 1.82) is 0 Å². The zero-order valence-electron chi connectivity index (χ0n) is 18.1. The molecule has 0 aliphatic carbocycles. The van der Waals surface area contributed by atoms with E-state index < -0.39 is 23.9 Å². The van der Waals surface area contributed by atoms with Crippen LogP contribution >= 0.6 is 23.2 Å². The van der Waals surface area contributed by atoms with Crippen LogP contribution in [-0.4, -0.2) is 42.7 Å². The van der Waals surface area contributed by atoms with Crippen LogP contribution in [0.25, 0.3) is 11.1 Å². The minimum atomic E-state index is -1.19. The predicted octanol–water partition coefficient (Wildman–Crippen LogP) is 4.64. The fourth-order valence-corrected chi connectivity index (χ4v) is 3.80. The molecule has 0 aromatic heterocycles. The first-order chi connectivity index (χ1) is 16.3. The second-order valence-corrected chi connectivity index (χ2v) is 8.04. The van der Waals surface area contributed by atoms with E-state index in [2.05, 4.69) is 10.1 Å².